The molecular weight excluding hydrogens is 248 g/mol. The van der Waals surface area contributed by atoms with Crippen LogP contribution >= 0.6 is 27.7 Å². The first-order valence-electron chi connectivity index (χ1n) is 4.30. The number of ether oxygens (including phenoxy) is 1. The minimum absolute atomic E-state index is 0.469. The van der Waals surface area contributed by atoms with Crippen molar-refractivity contribution in [1.82, 2.24) is 0 Å². The zero-order chi connectivity index (χ0) is 9.26. The predicted molar refractivity (Wildman–Crippen MR) is 59.6 cm³/mol. The van der Waals surface area contributed by atoms with Crippen molar-refractivity contribution in [3.63, 3.8) is 0 Å². The average molecular weight is 259 g/mol. The SMILES string of the molecule is CSc1ccc(OC2CC2)c(Br)c1. The minimum atomic E-state index is 0.469. The van der Waals surface area contributed by atoms with Crippen LogP contribution in [0.15, 0.2) is 27.6 Å². The summed E-state index contributed by atoms with van der Waals surface area (Å²) in [6.07, 6.45) is 4.95. The van der Waals surface area contributed by atoms with Gasteiger partial charge in [0.25, 0.3) is 0 Å². The van der Waals surface area contributed by atoms with Crippen molar-refractivity contribution in [2.24, 2.45) is 0 Å². The Morgan fingerprint density at radius 1 is 1.46 bits per heavy atom. The molecule has 0 amide bonds. The third-order valence-electron chi connectivity index (χ3n) is 1.96. The van der Waals surface area contributed by atoms with Gasteiger partial charge in [-0.25, -0.2) is 0 Å². The Morgan fingerprint density at radius 2 is 2.23 bits per heavy atom. The smallest absolute Gasteiger partial charge is 0.133 e. The molecule has 0 N–H and O–H groups in total. The molecular formula is C10H11BrOS. The summed E-state index contributed by atoms with van der Waals surface area (Å²) in [6, 6.07) is 6.23. The van der Waals surface area contributed by atoms with Crippen LogP contribution in [0.25, 0.3) is 0 Å². The molecule has 0 aromatic heterocycles. The fraction of sp³-hybridized carbons (Fsp3) is 0.400. The fourth-order valence-electron chi connectivity index (χ4n) is 1.07. The maximum absolute atomic E-state index is 5.70. The number of halogens is 1. The fourth-order valence-corrected chi connectivity index (χ4v) is 2.13. The van der Waals surface area contributed by atoms with Gasteiger partial charge in [-0.3, -0.25) is 0 Å². The van der Waals surface area contributed by atoms with Gasteiger partial charge in [-0.05, 0) is 53.2 Å². The van der Waals surface area contributed by atoms with E-state index >= 15 is 0 Å². The van der Waals surface area contributed by atoms with Crippen LogP contribution in [0.3, 0.4) is 0 Å². The molecule has 1 aliphatic carbocycles. The molecule has 0 radical (unpaired) electrons. The van der Waals surface area contributed by atoms with E-state index in [-0.39, 0.29) is 0 Å². The summed E-state index contributed by atoms with van der Waals surface area (Å²) >= 11 is 5.25. The molecule has 3 heteroatoms. The highest BCUT2D eigenvalue weighted by atomic mass is 79.9. The third-order valence-corrected chi connectivity index (χ3v) is 3.30. The molecule has 1 aliphatic rings. The number of benzene rings is 1. The van der Waals surface area contributed by atoms with Crippen LogP contribution in [0.1, 0.15) is 12.8 Å². The van der Waals surface area contributed by atoms with Crippen molar-refractivity contribution in [2.45, 2.75) is 23.8 Å². The molecule has 0 saturated heterocycles. The zero-order valence-corrected chi connectivity index (χ0v) is 9.82. The second kappa shape index (κ2) is 3.93. The van der Waals surface area contributed by atoms with Crippen molar-refractivity contribution in [2.75, 3.05) is 6.26 Å². The first-order valence-corrected chi connectivity index (χ1v) is 6.31. The van der Waals surface area contributed by atoms with Crippen LogP contribution in [0.5, 0.6) is 5.75 Å². The average Bonchev–Trinajstić information content (AvgIpc) is 2.92. The minimum Gasteiger partial charge on any atom is -0.489 e. The van der Waals surface area contributed by atoms with Crippen LogP contribution in [0.4, 0.5) is 0 Å². The maximum Gasteiger partial charge on any atom is 0.133 e. The van der Waals surface area contributed by atoms with Gasteiger partial charge < -0.3 is 4.74 Å². The van der Waals surface area contributed by atoms with Gasteiger partial charge in [0, 0.05) is 4.90 Å². The summed E-state index contributed by atoms with van der Waals surface area (Å²) in [5, 5.41) is 0. The summed E-state index contributed by atoms with van der Waals surface area (Å²) < 4.78 is 6.76. The lowest BCUT2D eigenvalue weighted by Gasteiger charge is -2.07. The molecule has 70 valence electrons. The molecule has 0 bridgehead atoms. The second-order valence-electron chi connectivity index (χ2n) is 3.11. The number of rotatable bonds is 3. The summed E-state index contributed by atoms with van der Waals surface area (Å²) in [6.45, 7) is 0. The normalized spacial score (nSPS) is 15.8. The highest BCUT2D eigenvalue weighted by molar-refractivity contribution is 9.10. The largest absolute Gasteiger partial charge is 0.489 e. The van der Waals surface area contributed by atoms with Crippen molar-refractivity contribution in [3.05, 3.63) is 22.7 Å². The van der Waals surface area contributed by atoms with Crippen molar-refractivity contribution in [1.29, 1.82) is 0 Å². The van der Waals surface area contributed by atoms with Gasteiger partial charge in [0.1, 0.15) is 5.75 Å². The van der Waals surface area contributed by atoms with E-state index in [1.165, 1.54) is 17.7 Å². The highest BCUT2D eigenvalue weighted by Gasteiger charge is 2.24. The Hall–Kier alpha value is -0.150. The molecule has 0 unspecified atom stereocenters. The Morgan fingerprint density at radius 3 is 2.77 bits per heavy atom. The molecule has 1 aromatic rings. The van der Waals surface area contributed by atoms with E-state index in [0.29, 0.717) is 6.10 Å². The van der Waals surface area contributed by atoms with Crippen LogP contribution < -0.4 is 4.74 Å². The van der Waals surface area contributed by atoms with Gasteiger partial charge in [-0.2, -0.15) is 0 Å². The third kappa shape index (κ3) is 2.41. The lowest BCUT2D eigenvalue weighted by atomic mass is 10.3. The molecule has 0 spiro atoms. The first-order chi connectivity index (χ1) is 6.29. The molecule has 0 aliphatic heterocycles. The monoisotopic (exact) mass is 258 g/mol. The van der Waals surface area contributed by atoms with Gasteiger partial charge in [0.2, 0.25) is 0 Å². The Balaban J connectivity index is 2.15. The summed E-state index contributed by atoms with van der Waals surface area (Å²) in [5.74, 6) is 0.973. The topological polar surface area (TPSA) is 9.23 Å². The number of hydrogen-bond acceptors (Lipinski definition) is 2. The predicted octanol–water partition coefficient (Wildman–Crippen LogP) is 3.71. The zero-order valence-electron chi connectivity index (χ0n) is 7.42. The molecule has 1 saturated carbocycles. The number of hydrogen-bond donors (Lipinski definition) is 0. The Labute approximate surface area is 91.0 Å². The standard InChI is InChI=1S/C10H11BrOS/c1-13-8-4-5-10(9(11)6-8)12-7-2-3-7/h4-7H,2-3H2,1H3. The summed E-state index contributed by atoms with van der Waals surface area (Å²) in [4.78, 5) is 1.26. The summed E-state index contributed by atoms with van der Waals surface area (Å²) in [7, 11) is 0. The van der Waals surface area contributed by atoms with E-state index in [1.807, 2.05) is 6.07 Å². The van der Waals surface area contributed by atoms with Gasteiger partial charge in [-0.15, -0.1) is 11.8 Å². The van der Waals surface area contributed by atoms with E-state index in [4.69, 9.17) is 4.74 Å². The summed E-state index contributed by atoms with van der Waals surface area (Å²) in [5.41, 5.74) is 0. The van der Waals surface area contributed by atoms with E-state index in [9.17, 15) is 0 Å². The maximum atomic E-state index is 5.70. The van der Waals surface area contributed by atoms with Gasteiger partial charge in [0.05, 0.1) is 10.6 Å². The first kappa shape index (κ1) is 9.41. The van der Waals surface area contributed by atoms with Crippen molar-refractivity contribution in [3.8, 4) is 5.75 Å². The molecule has 1 fully saturated rings. The molecule has 0 atom stereocenters. The van der Waals surface area contributed by atoms with Crippen LogP contribution in [0, 0.1) is 0 Å². The lowest BCUT2D eigenvalue weighted by Crippen LogP contribution is -1.96. The van der Waals surface area contributed by atoms with Crippen molar-refractivity contribution >= 4 is 27.7 Å². The Kier molecular flexibility index (Phi) is 2.84. The molecule has 1 nitrogen and oxygen atoms in total. The quantitative estimate of drug-likeness (QED) is 0.765. The van der Waals surface area contributed by atoms with E-state index < -0.39 is 0 Å². The second-order valence-corrected chi connectivity index (χ2v) is 4.85. The van der Waals surface area contributed by atoms with Gasteiger partial charge in [0.15, 0.2) is 0 Å². The van der Waals surface area contributed by atoms with Crippen molar-refractivity contribution < 1.29 is 4.74 Å². The van der Waals surface area contributed by atoms with Gasteiger partial charge >= 0.3 is 0 Å². The lowest BCUT2D eigenvalue weighted by molar-refractivity contribution is 0.301. The highest BCUT2D eigenvalue weighted by Crippen LogP contribution is 2.34. The van der Waals surface area contributed by atoms with E-state index in [1.54, 1.807) is 11.8 Å². The van der Waals surface area contributed by atoms with E-state index in [0.717, 1.165) is 10.2 Å². The van der Waals surface area contributed by atoms with Gasteiger partial charge in [-0.1, -0.05) is 0 Å². The molecule has 0 heterocycles. The molecule has 2 rings (SSSR count). The van der Waals surface area contributed by atoms with E-state index in [2.05, 4.69) is 34.3 Å². The van der Waals surface area contributed by atoms with Crippen LogP contribution in [-0.4, -0.2) is 12.4 Å². The van der Waals surface area contributed by atoms with Crippen LogP contribution in [0.2, 0.25) is 0 Å². The Bertz CT molecular complexity index is 310. The number of thioether (sulfide) groups is 1. The molecule has 1 aromatic carbocycles. The molecule has 13 heavy (non-hydrogen) atoms. The van der Waals surface area contributed by atoms with Crippen LogP contribution in [-0.2, 0) is 0 Å².